The largest absolute Gasteiger partial charge is 0.453 e. The van der Waals surface area contributed by atoms with Crippen LogP contribution in [0.25, 0.3) is 0 Å². The Bertz CT molecular complexity index is 983. The molecule has 1 aromatic heterocycles. The fourth-order valence-electron chi connectivity index (χ4n) is 2.29. The van der Waals surface area contributed by atoms with Crippen molar-refractivity contribution >= 4 is 49.8 Å². The molecule has 7 heteroatoms. The number of anilines is 2. The number of hydrogen-bond donors (Lipinski definition) is 1. The van der Waals surface area contributed by atoms with Gasteiger partial charge >= 0.3 is 5.97 Å². The molecular weight excluding hydrogens is 428 g/mol. The first-order chi connectivity index (χ1) is 12.9. The summed E-state index contributed by atoms with van der Waals surface area (Å²) in [5, 5.41) is 5.37. The van der Waals surface area contributed by atoms with Crippen molar-refractivity contribution in [1.82, 2.24) is 4.98 Å². The summed E-state index contributed by atoms with van der Waals surface area (Å²) < 4.78 is 5.97. The van der Waals surface area contributed by atoms with E-state index in [2.05, 4.69) is 26.2 Å². The van der Waals surface area contributed by atoms with E-state index in [1.807, 2.05) is 32.0 Å². The molecule has 3 rings (SSSR count). The molecule has 0 radical (unpaired) electrons. The molecule has 0 fully saturated rings. The minimum Gasteiger partial charge on any atom is -0.453 e. The van der Waals surface area contributed by atoms with E-state index < -0.39 is 5.97 Å². The summed E-state index contributed by atoms with van der Waals surface area (Å²) in [6, 6.07) is 12.9. The lowest BCUT2D eigenvalue weighted by atomic mass is 10.1. The normalized spacial score (nSPS) is 10.5. The number of Topliss-reactive ketones (excluding diaryl/α,β-unsaturated/α-hetero) is 1. The molecule has 0 spiro atoms. The van der Waals surface area contributed by atoms with Crippen LogP contribution in [0.2, 0.25) is 0 Å². The summed E-state index contributed by atoms with van der Waals surface area (Å²) in [4.78, 5) is 28.4. The first kappa shape index (κ1) is 19.3. The average molecular weight is 445 g/mol. The topological polar surface area (TPSA) is 68.3 Å². The maximum Gasteiger partial charge on any atom is 0.358 e. The van der Waals surface area contributed by atoms with Crippen molar-refractivity contribution in [2.24, 2.45) is 0 Å². The molecule has 5 nitrogen and oxygen atoms in total. The van der Waals surface area contributed by atoms with Crippen LogP contribution < -0.4 is 5.32 Å². The van der Waals surface area contributed by atoms with Gasteiger partial charge in [-0.05, 0) is 49.2 Å². The van der Waals surface area contributed by atoms with Crippen molar-refractivity contribution in [3.63, 3.8) is 0 Å². The minimum atomic E-state index is -0.621. The van der Waals surface area contributed by atoms with Crippen molar-refractivity contribution in [1.29, 1.82) is 0 Å². The van der Waals surface area contributed by atoms with Gasteiger partial charge in [0.15, 0.2) is 23.2 Å². The first-order valence-corrected chi connectivity index (χ1v) is 9.85. The zero-order chi connectivity index (χ0) is 19.4. The zero-order valence-corrected chi connectivity index (χ0v) is 17.2. The molecule has 138 valence electrons. The molecule has 2 aromatic carbocycles. The van der Waals surface area contributed by atoms with Gasteiger partial charge in [0.25, 0.3) is 0 Å². The maximum atomic E-state index is 12.1. The summed E-state index contributed by atoms with van der Waals surface area (Å²) >= 11 is 4.61. The standard InChI is InChI=1S/C20H17BrN2O3S/c1-12-3-8-16(9-13(12)2)22-20-23-17(11-27-20)19(25)26-10-18(24)14-4-6-15(21)7-5-14/h3-9,11H,10H2,1-2H3,(H,22,23). The van der Waals surface area contributed by atoms with Crippen LogP contribution in [0.3, 0.4) is 0 Å². The Labute approximate surface area is 169 Å². The Morgan fingerprint density at radius 1 is 1.11 bits per heavy atom. The Kier molecular flexibility index (Phi) is 6.03. The second-order valence-electron chi connectivity index (χ2n) is 5.97. The number of aromatic nitrogens is 1. The number of carbonyl (C=O) groups excluding carboxylic acids is 2. The van der Waals surface area contributed by atoms with Crippen LogP contribution in [0.4, 0.5) is 10.8 Å². The minimum absolute atomic E-state index is 0.176. The number of ketones is 1. The molecule has 0 aliphatic rings. The van der Waals surface area contributed by atoms with Gasteiger partial charge in [0.2, 0.25) is 0 Å². The molecule has 27 heavy (non-hydrogen) atoms. The number of rotatable bonds is 6. The van der Waals surface area contributed by atoms with Gasteiger partial charge in [-0.2, -0.15) is 0 Å². The number of ether oxygens (including phenoxy) is 1. The molecule has 0 aliphatic heterocycles. The highest BCUT2D eigenvalue weighted by molar-refractivity contribution is 9.10. The van der Waals surface area contributed by atoms with Gasteiger partial charge < -0.3 is 10.1 Å². The highest BCUT2D eigenvalue weighted by Crippen LogP contribution is 2.23. The van der Waals surface area contributed by atoms with Gasteiger partial charge in [0.05, 0.1) is 0 Å². The number of halogens is 1. The predicted molar refractivity (Wildman–Crippen MR) is 110 cm³/mol. The molecule has 0 bridgehead atoms. The number of aryl methyl sites for hydroxylation is 2. The number of nitrogens with one attached hydrogen (secondary N) is 1. The van der Waals surface area contributed by atoms with Crippen LogP contribution in [-0.2, 0) is 4.74 Å². The van der Waals surface area contributed by atoms with Crippen molar-refractivity contribution in [3.05, 3.63) is 74.7 Å². The maximum absolute atomic E-state index is 12.1. The van der Waals surface area contributed by atoms with Crippen LogP contribution in [0.1, 0.15) is 32.0 Å². The van der Waals surface area contributed by atoms with E-state index in [4.69, 9.17) is 4.74 Å². The van der Waals surface area contributed by atoms with Crippen molar-refractivity contribution in [3.8, 4) is 0 Å². The van der Waals surface area contributed by atoms with Gasteiger partial charge in [-0.25, -0.2) is 9.78 Å². The summed E-state index contributed by atoms with van der Waals surface area (Å²) in [5.74, 6) is -0.885. The Hall–Kier alpha value is -2.51. The fourth-order valence-corrected chi connectivity index (χ4v) is 3.26. The molecule has 0 saturated heterocycles. The van der Waals surface area contributed by atoms with E-state index in [1.54, 1.807) is 29.6 Å². The summed E-state index contributed by atoms with van der Waals surface area (Å²) in [7, 11) is 0. The highest BCUT2D eigenvalue weighted by atomic mass is 79.9. The smallest absolute Gasteiger partial charge is 0.358 e. The monoisotopic (exact) mass is 444 g/mol. The van der Waals surface area contributed by atoms with E-state index >= 15 is 0 Å². The van der Waals surface area contributed by atoms with E-state index in [0.29, 0.717) is 10.7 Å². The van der Waals surface area contributed by atoms with Crippen LogP contribution in [0.5, 0.6) is 0 Å². The van der Waals surface area contributed by atoms with E-state index in [0.717, 1.165) is 10.2 Å². The molecule has 0 atom stereocenters. The Morgan fingerprint density at radius 3 is 2.56 bits per heavy atom. The number of hydrogen-bond acceptors (Lipinski definition) is 6. The second-order valence-corrected chi connectivity index (χ2v) is 7.74. The number of carbonyl (C=O) groups is 2. The fraction of sp³-hybridized carbons (Fsp3) is 0.150. The lowest BCUT2D eigenvalue weighted by Crippen LogP contribution is -2.14. The SMILES string of the molecule is Cc1ccc(Nc2nc(C(=O)OCC(=O)c3ccc(Br)cc3)cs2)cc1C. The van der Waals surface area contributed by atoms with Gasteiger partial charge in [0.1, 0.15) is 0 Å². The summed E-state index contributed by atoms with van der Waals surface area (Å²) in [6.07, 6.45) is 0. The molecule has 3 aromatic rings. The van der Waals surface area contributed by atoms with Crippen molar-refractivity contribution in [2.45, 2.75) is 13.8 Å². The van der Waals surface area contributed by atoms with Crippen LogP contribution >= 0.6 is 27.3 Å². The van der Waals surface area contributed by atoms with Crippen molar-refractivity contribution in [2.75, 3.05) is 11.9 Å². The van der Waals surface area contributed by atoms with Crippen LogP contribution in [0.15, 0.2) is 52.3 Å². The zero-order valence-electron chi connectivity index (χ0n) is 14.8. The third kappa shape index (κ3) is 5.02. The van der Waals surface area contributed by atoms with Crippen LogP contribution in [-0.4, -0.2) is 23.3 Å². The van der Waals surface area contributed by atoms with Crippen LogP contribution in [0, 0.1) is 13.8 Å². The number of benzene rings is 2. The number of esters is 1. The quantitative estimate of drug-likeness (QED) is 0.412. The third-order valence-electron chi connectivity index (χ3n) is 3.97. The predicted octanol–water partition coefficient (Wildman–Crippen LogP) is 5.31. The first-order valence-electron chi connectivity index (χ1n) is 8.18. The molecule has 1 N–H and O–H groups in total. The van der Waals surface area contributed by atoms with Gasteiger partial charge in [-0.1, -0.05) is 34.1 Å². The van der Waals surface area contributed by atoms with Gasteiger partial charge in [-0.15, -0.1) is 11.3 Å². The van der Waals surface area contributed by atoms with Gasteiger partial charge in [0, 0.05) is 21.1 Å². The third-order valence-corrected chi connectivity index (χ3v) is 5.26. The average Bonchev–Trinajstić information content (AvgIpc) is 3.11. The molecular formula is C20H17BrN2O3S. The molecule has 0 unspecified atom stereocenters. The summed E-state index contributed by atoms with van der Waals surface area (Å²) in [5.41, 5.74) is 3.94. The van der Waals surface area contributed by atoms with E-state index in [1.165, 1.54) is 22.5 Å². The lowest BCUT2D eigenvalue weighted by Gasteiger charge is -2.05. The second kappa shape index (κ2) is 8.45. The molecule has 0 aliphatic carbocycles. The number of nitrogens with zero attached hydrogens (tertiary/aromatic N) is 1. The Balaban J connectivity index is 1.58. The number of thiazole rings is 1. The summed E-state index contributed by atoms with van der Waals surface area (Å²) in [6.45, 7) is 3.76. The van der Waals surface area contributed by atoms with Crippen molar-refractivity contribution < 1.29 is 14.3 Å². The Morgan fingerprint density at radius 2 is 1.85 bits per heavy atom. The highest BCUT2D eigenvalue weighted by Gasteiger charge is 2.15. The molecule has 0 saturated carbocycles. The van der Waals surface area contributed by atoms with E-state index in [-0.39, 0.29) is 18.1 Å². The molecule has 1 heterocycles. The molecule has 0 amide bonds. The van der Waals surface area contributed by atoms with E-state index in [9.17, 15) is 9.59 Å². The van der Waals surface area contributed by atoms with Gasteiger partial charge in [-0.3, -0.25) is 4.79 Å². The lowest BCUT2D eigenvalue weighted by molar-refractivity contribution is 0.0470.